The van der Waals surface area contributed by atoms with Crippen LogP contribution in [0.1, 0.15) is 17.2 Å². The molecule has 0 fully saturated rings. The molecule has 1 unspecified atom stereocenters. The lowest BCUT2D eigenvalue weighted by Crippen LogP contribution is -2.14. The van der Waals surface area contributed by atoms with E-state index < -0.39 is 0 Å². The zero-order chi connectivity index (χ0) is 14.0. The molecule has 0 saturated heterocycles. The van der Waals surface area contributed by atoms with Gasteiger partial charge in [0, 0.05) is 10.5 Å². The van der Waals surface area contributed by atoms with E-state index in [2.05, 4.69) is 31.9 Å². The maximum atomic E-state index is 13.1. The highest BCUT2D eigenvalue weighted by Gasteiger charge is 2.12. The minimum atomic E-state index is -0.313. The number of hydrogen-bond acceptors (Lipinski definition) is 1. The molecule has 19 heavy (non-hydrogen) atoms. The van der Waals surface area contributed by atoms with Crippen molar-refractivity contribution in [2.45, 2.75) is 12.5 Å². The first-order valence-electron chi connectivity index (χ1n) is 5.62. The van der Waals surface area contributed by atoms with Gasteiger partial charge in [0.1, 0.15) is 11.6 Å². The van der Waals surface area contributed by atoms with Gasteiger partial charge in [-0.15, -0.1) is 0 Å². The fourth-order valence-corrected chi connectivity index (χ4v) is 2.90. The summed E-state index contributed by atoms with van der Waals surface area (Å²) in [7, 11) is 0. The van der Waals surface area contributed by atoms with E-state index in [9.17, 15) is 8.78 Å². The van der Waals surface area contributed by atoms with Crippen molar-refractivity contribution in [2.75, 3.05) is 0 Å². The highest BCUT2D eigenvalue weighted by molar-refractivity contribution is 9.10. The molecule has 0 aliphatic rings. The molecule has 0 aliphatic carbocycles. The Balaban J connectivity index is 2.20. The standard InChI is InChI=1S/C14H11Br2F2N/c15-11-7-9(17)2-3-10(11)14(19)6-8-1-4-13(18)12(16)5-8/h1-5,7,14H,6,19H2. The van der Waals surface area contributed by atoms with Crippen molar-refractivity contribution in [3.05, 3.63) is 68.1 Å². The Morgan fingerprint density at radius 3 is 2.37 bits per heavy atom. The van der Waals surface area contributed by atoms with Crippen LogP contribution in [0.4, 0.5) is 8.78 Å². The smallest absolute Gasteiger partial charge is 0.137 e. The number of halogens is 4. The molecule has 0 saturated carbocycles. The summed E-state index contributed by atoms with van der Waals surface area (Å²) in [5.74, 6) is -0.618. The van der Waals surface area contributed by atoms with Gasteiger partial charge in [-0.05, 0) is 57.7 Å². The van der Waals surface area contributed by atoms with Crippen LogP contribution in [0.25, 0.3) is 0 Å². The van der Waals surface area contributed by atoms with Crippen molar-refractivity contribution < 1.29 is 8.78 Å². The maximum absolute atomic E-state index is 13.1. The Labute approximate surface area is 127 Å². The normalized spacial score (nSPS) is 12.5. The first-order valence-corrected chi connectivity index (χ1v) is 7.20. The maximum Gasteiger partial charge on any atom is 0.137 e. The third kappa shape index (κ3) is 3.61. The molecule has 0 radical (unpaired) electrons. The van der Waals surface area contributed by atoms with Gasteiger partial charge in [0.15, 0.2) is 0 Å². The van der Waals surface area contributed by atoms with E-state index in [0.29, 0.717) is 15.4 Å². The van der Waals surface area contributed by atoms with Crippen LogP contribution in [0.5, 0.6) is 0 Å². The molecule has 100 valence electrons. The van der Waals surface area contributed by atoms with Crippen LogP contribution in [0.3, 0.4) is 0 Å². The Morgan fingerprint density at radius 2 is 1.74 bits per heavy atom. The summed E-state index contributed by atoms with van der Waals surface area (Å²) < 4.78 is 27.2. The second kappa shape index (κ2) is 6.11. The monoisotopic (exact) mass is 389 g/mol. The third-order valence-electron chi connectivity index (χ3n) is 2.80. The molecule has 1 atom stereocenters. The number of benzene rings is 2. The number of hydrogen-bond donors (Lipinski definition) is 1. The molecule has 2 N–H and O–H groups in total. The average molecular weight is 391 g/mol. The van der Waals surface area contributed by atoms with Gasteiger partial charge >= 0.3 is 0 Å². The summed E-state index contributed by atoms with van der Waals surface area (Å²) in [6, 6.07) is 8.92. The topological polar surface area (TPSA) is 26.0 Å². The van der Waals surface area contributed by atoms with Gasteiger partial charge in [-0.25, -0.2) is 8.78 Å². The van der Waals surface area contributed by atoms with Crippen LogP contribution in [0.2, 0.25) is 0 Å². The van der Waals surface area contributed by atoms with Crippen LogP contribution >= 0.6 is 31.9 Å². The fraction of sp³-hybridized carbons (Fsp3) is 0.143. The van der Waals surface area contributed by atoms with Crippen LogP contribution in [0.15, 0.2) is 45.3 Å². The second-order valence-electron chi connectivity index (χ2n) is 4.22. The van der Waals surface area contributed by atoms with E-state index in [1.807, 2.05) is 0 Å². The summed E-state index contributed by atoms with van der Waals surface area (Å²) in [5.41, 5.74) is 7.84. The molecular formula is C14H11Br2F2N. The second-order valence-corrected chi connectivity index (χ2v) is 5.93. The van der Waals surface area contributed by atoms with Crippen molar-refractivity contribution in [3.8, 4) is 0 Å². The Kier molecular flexibility index (Phi) is 4.71. The quantitative estimate of drug-likeness (QED) is 0.805. The van der Waals surface area contributed by atoms with Crippen LogP contribution < -0.4 is 5.73 Å². The third-order valence-corrected chi connectivity index (χ3v) is 4.10. The van der Waals surface area contributed by atoms with Gasteiger partial charge in [-0.2, -0.15) is 0 Å². The van der Waals surface area contributed by atoms with Crippen molar-refractivity contribution in [2.24, 2.45) is 5.73 Å². The predicted molar refractivity (Wildman–Crippen MR) is 78.8 cm³/mol. The Bertz CT molecular complexity index is 602. The lowest BCUT2D eigenvalue weighted by Gasteiger charge is -2.14. The van der Waals surface area contributed by atoms with Crippen molar-refractivity contribution in [3.63, 3.8) is 0 Å². The molecule has 0 bridgehead atoms. The molecule has 2 rings (SSSR count). The first-order chi connectivity index (χ1) is 8.97. The van der Waals surface area contributed by atoms with E-state index in [1.165, 1.54) is 18.2 Å². The molecule has 0 heterocycles. The largest absolute Gasteiger partial charge is 0.324 e. The van der Waals surface area contributed by atoms with Gasteiger partial charge in [-0.1, -0.05) is 28.1 Å². The molecule has 2 aromatic carbocycles. The summed E-state index contributed by atoms with van der Waals surface area (Å²) >= 11 is 6.44. The molecule has 5 heteroatoms. The van der Waals surface area contributed by atoms with Gasteiger partial charge in [-0.3, -0.25) is 0 Å². The molecule has 2 aromatic rings. The molecular weight excluding hydrogens is 380 g/mol. The van der Waals surface area contributed by atoms with Crippen LogP contribution in [-0.4, -0.2) is 0 Å². The molecule has 1 nitrogen and oxygen atoms in total. The summed E-state index contributed by atoms with van der Waals surface area (Å²) in [6.45, 7) is 0. The van der Waals surface area contributed by atoms with Crippen molar-refractivity contribution in [1.29, 1.82) is 0 Å². The molecule has 0 aromatic heterocycles. The van der Waals surface area contributed by atoms with Gasteiger partial charge < -0.3 is 5.73 Å². The lowest BCUT2D eigenvalue weighted by atomic mass is 10.00. The number of nitrogens with two attached hydrogens (primary N) is 1. The molecule has 0 spiro atoms. The minimum absolute atomic E-state index is 0.285. The van der Waals surface area contributed by atoms with E-state index >= 15 is 0 Å². The average Bonchev–Trinajstić information content (AvgIpc) is 2.33. The summed E-state index contributed by atoms with van der Waals surface area (Å²) in [5, 5.41) is 0. The molecule has 0 amide bonds. The predicted octanol–water partition coefficient (Wildman–Crippen LogP) is 4.73. The van der Waals surface area contributed by atoms with Gasteiger partial charge in [0.25, 0.3) is 0 Å². The van der Waals surface area contributed by atoms with Crippen LogP contribution in [0, 0.1) is 11.6 Å². The van der Waals surface area contributed by atoms with Crippen molar-refractivity contribution >= 4 is 31.9 Å². The van der Waals surface area contributed by atoms with Gasteiger partial charge in [0.2, 0.25) is 0 Å². The SMILES string of the molecule is NC(Cc1ccc(F)c(Br)c1)c1ccc(F)cc1Br. The fourth-order valence-electron chi connectivity index (χ4n) is 1.83. The van der Waals surface area contributed by atoms with E-state index in [4.69, 9.17) is 5.73 Å². The number of rotatable bonds is 3. The van der Waals surface area contributed by atoms with Crippen molar-refractivity contribution in [1.82, 2.24) is 0 Å². The zero-order valence-electron chi connectivity index (χ0n) is 9.84. The van der Waals surface area contributed by atoms with E-state index in [-0.39, 0.29) is 17.7 Å². The summed E-state index contributed by atoms with van der Waals surface area (Å²) in [4.78, 5) is 0. The lowest BCUT2D eigenvalue weighted by molar-refractivity contribution is 0.617. The first kappa shape index (κ1) is 14.6. The molecule has 0 aliphatic heterocycles. The Hall–Kier alpha value is -0.780. The van der Waals surface area contributed by atoms with E-state index in [0.717, 1.165) is 11.1 Å². The highest BCUT2D eigenvalue weighted by atomic mass is 79.9. The Morgan fingerprint density at radius 1 is 1.00 bits per heavy atom. The van der Waals surface area contributed by atoms with E-state index in [1.54, 1.807) is 18.2 Å². The van der Waals surface area contributed by atoms with Crippen LogP contribution in [-0.2, 0) is 6.42 Å². The highest BCUT2D eigenvalue weighted by Crippen LogP contribution is 2.26. The summed E-state index contributed by atoms with van der Waals surface area (Å²) in [6.07, 6.45) is 0.545. The van der Waals surface area contributed by atoms with Gasteiger partial charge in [0.05, 0.1) is 4.47 Å². The zero-order valence-corrected chi connectivity index (χ0v) is 13.0. The minimum Gasteiger partial charge on any atom is -0.324 e.